The van der Waals surface area contributed by atoms with Crippen LogP contribution < -0.4 is 0 Å². The Morgan fingerprint density at radius 1 is 1.11 bits per heavy atom. The molecule has 0 saturated carbocycles. The average Bonchev–Trinajstić information content (AvgIpc) is 2.33. The number of hydrogen-bond donors (Lipinski definition) is 0. The van der Waals surface area contributed by atoms with Crippen LogP contribution in [-0.2, 0) is 0 Å². The first-order valence-corrected chi connectivity index (χ1v) is 5.27. The highest BCUT2D eigenvalue weighted by Crippen LogP contribution is 2.33. The van der Waals surface area contributed by atoms with E-state index in [0.29, 0.717) is 0 Å². The van der Waals surface area contributed by atoms with E-state index in [9.17, 15) is 18.9 Å². The molecule has 2 aromatic carbocycles. The van der Waals surface area contributed by atoms with Crippen molar-refractivity contribution in [3.8, 4) is 11.1 Å². The molecule has 2 aromatic rings. The second-order valence-electron chi connectivity index (χ2n) is 3.52. The lowest BCUT2D eigenvalue weighted by molar-refractivity contribution is -0.384. The zero-order chi connectivity index (χ0) is 13.3. The summed E-state index contributed by atoms with van der Waals surface area (Å²) in [5, 5.41) is 10.5. The van der Waals surface area contributed by atoms with Gasteiger partial charge in [0, 0.05) is 23.3 Å². The van der Waals surface area contributed by atoms with Gasteiger partial charge >= 0.3 is 0 Å². The molecule has 3 nitrogen and oxygen atoms in total. The summed E-state index contributed by atoms with van der Waals surface area (Å²) in [5.41, 5.74) is -0.0327. The van der Waals surface area contributed by atoms with Crippen molar-refractivity contribution in [1.82, 2.24) is 0 Å². The molecule has 92 valence electrons. The van der Waals surface area contributed by atoms with Crippen LogP contribution in [0.2, 0.25) is 5.02 Å². The van der Waals surface area contributed by atoms with Crippen molar-refractivity contribution >= 4 is 17.3 Å². The quantitative estimate of drug-likeness (QED) is 0.606. The molecule has 0 unspecified atom stereocenters. The summed E-state index contributed by atoms with van der Waals surface area (Å²) in [6, 6.07) is 7.25. The Balaban J connectivity index is 2.58. The van der Waals surface area contributed by atoms with E-state index >= 15 is 0 Å². The maximum Gasteiger partial charge on any atom is 0.270 e. The Labute approximate surface area is 106 Å². The van der Waals surface area contributed by atoms with Gasteiger partial charge in [0.1, 0.15) is 0 Å². The van der Waals surface area contributed by atoms with Crippen LogP contribution in [0.5, 0.6) is 0 Å². The Kier molecular flexibility index (Phi) is 3.25. The minimum atomic E-state index is -1.03. The van der Waals surface area contributed by atoms with Crippen LogP contribution in [0.1, 0.15) is 0 Å². The van der Waals surface area contributed by atoms with Gasteiger partial charge in [-0.2, -0.15) is 0 Å². The van der Waals surface area contributed by atoms with Crippen molar-refractivity contribution in [3.63, 3.8) is 0 Å². The minimum Gasteiger partial charge on any atom is -0.258 e. The van der Waals surface area contributed by atoms with E-state index in [2.05, 4.69) is 0 Å². The Morgan fingerprint density at radius 3 is 2.44 bits per heavy atom. The van der Waals surface area contributed by atoms with Crippen LogP contribution >= 0.6 is 11.6 Å². The first kappa shape index (κ1) is 12.4. The summed E-state index contributed by atoms with van der Waals surface area (Å²) >= 11 is 5.84. The molecule has 2 rings (SSSR count). The molecule has 0 aliphatic rings. The first-order chi connectivity index (χ1) is 8.50. The Morgan fingerprint density at radius 2 is 1.83 bits per heavy atom. The highest BCUT2D eigenvalue weighted by molar-refractivity contribution is 6.33. The van der Waals surface area contributed by atoms with Crippen molar-refractivity contribution in [2.24, 2.45) is 0 Å². The number of nitro benzene ring substituents is 1. The molecule has 0 fully saturated rings. The smallest absolute Gasteiger partial charge is 0.258 e. The first-order valence-electron chi connectivity index (χ1n) is 4.89. The molecular weight excluding hydrogens is 264 g/mol. The third-order valence-corrected chi connectivity index (χ3v) is 2.72. The molecule has 18 heavy (non-hydrogen) atoms. The summed E-state index contributed by atoms with van der Waals surface area (Å²) in [6.45, 7) is 0. The average molecular weight is 270 g/mol. The van der Waals surface area contributed by atoms with Crippen molar-refractivity contribution in [3.05, 3.63) is 63.2 Å². The fraction of sp³-hybridized carbons (Fsp3) is 0. The maximum absolute atomic E-state index is 13.6. The van der Waals surface area contributed by atoms with Gasteiger partial charge in [-0.05, 0) is 12.1 Å². The van der Waals surface area contributed by atoms with Gasteiger partial charge < -0.3 is 0 Å². The molecule has 0 aromatic heterocycles. The number of non-ortho nitro benzene ring substituents is 1. The van der Waals surface area contributed by atoms with E-state index in [1.807, 2.05) is 0 Å². The molecule has 0 heterocycles. The SMILES string of the molecule is O=[N+]([O-])c1ccc(-c2cccc(F)c2F)c(Cl)c1. The second kappa shape index (κ2) is 4.70. The molecule has 0 aliphatic heterocycles. The lowest BCUT2D eigenvalue weighted by Gasteiger charge is -2.06. The van der Waals surface area contributed by atoms with Crippen LogP contribution in [0, 0.1) is 21.7 Å². The van der Waals surface area contributed by atoms with E-state index in [1.54, 1.807) is 0 Å². The van der Waals surface area contributed by atoms with Gasteiger partial charge in [-0.25, -0.2) is 8.78 Å². The summed E-state index contributed by atoms with van der Waals surface area (Å²) in [5.74, 6) is -2.03. The number of halogens is 3. The van der Waals surface area contributed by atoms with Gasteiger partial charge in [0.25, 0.3) is 5.69 Å². The lowest BCUT2D eigenvalue weighted by atomic mass is 10.0. The van der Waals surface area contributed by atoms with Gasteiger partial charge in [-0.3, -0.25) is 10.1 Å². The molecule has 0 spiro atoms. The van der Waals surface area contributed by atoms with Gasteiger partial charge in [0.15, 0.2) is 11.6 Å². The number of benzene rings is 2. The predicted octanol–water partition coefficient (Wildman–Crippen LogP) is 4.19. The van der Waals surface area contributed by atoms with Crippen LogP contribution in [0.25, 0.3) is 11.1 Å². The van der Waals surface area contributed by atoms with Crippen LogP contribution in [0.3, 0.4) is 0 Å². The minimum absolute atomic E-state index is 0.00583. The van der Waals surface area contributed by atoms with E-state index in [4.69, 9.17) is 11.6 Å². The molecule has 0 amide bonds. The molecule has 0 saturated heterocycles. The number of rotatable bonds is 2. The van der Waals surface area contributed by atoms with Crippen molar-refractivity contribution in [2.45, 2.75) is 0 Å². The van der Waals surface area contributed by atoms with E-state index in [0.717, 1.165) is 12.1 Å². The molecule has 0 aliphatic carbocycles. The molecule has 6 heteroatoms. The van der Waals surface area contributed by atoms with Crippen LogP contribution in [0.15, 0.2) is 36.4 Å². The van der Waals surface area contributed by atoms with Crippen molar-refractivity contribution in [1.29, 1.82) is 0 Å². The van der Waals surface area contributed by atoms with Crippen LogP contribution in [-0.4, -0.2) is 4.92 Å². The fourth-order valence-electron chi connectivity index (χ4n) is 1.55. The fourth-order valence-corrected chi connectivity index (χ4v) is 1.82. The largest absolute Gasteiger partial charge is 0.270 e. The molecular formula is C12H6ClF2NO2. The highest BCUT2D eigenvalue weighted by atomic mass is 35.5. The van der Waals surface area contributed by atoms with Crippen molar-refractivity contribution < 1.29 is 13.7 Å². The monoisotopic (exact) mass is 269 g/mol. The van der Waals surface area contributed by atoms with Crippen LogP contribution in [0.4, 0.5) is 14.5 Å². The van der Waals surface area contributed by atoms with Gasteiger partial charge in [0.2, 0.25) is 0 Å². The number of nitro groups is 1. The topological polar surface area (TPSA) is 43.1 Å². The summed E-state index contributed by atoms with van der Waals surface area (Å²) in [7, 11) is 0. The molecule has 0 atom stereocenters. The Hall–Kier alpha value is -2.01. The predicted molar refractivity (Wildman–Crippen MR) is 63.5 cm³/mol. The summed E-state index contributed by atoms with van der Waals surface area (Å²) < 4.78 is 26.6. The summed E-state index contributed by atoms with van der Waals surface area (Å²) in [6.07, 6.45) is 0. The highest BCUT2D eigenvalue weighted by Gasteiger charge is 2.15. The molecule has 0 bridgehead atoms. The Bertz CT molecular complexity index is 631. The van der Waals surface area contributed by atoms with Gasteiger partial charge in [0.05, 0.1) is 9.95 Å². The number of nitrogens with zero attached hydrogens (tertiary/aromatic N) is 1. The van der Waals surface area contributed by atoms with E-state index < -0.39 is 16.6 Å². The summed E-state index contributed by atoms with van der Waals surface area (Å²) in [4.78, 5) is 9.92. The molecule has 0 N–H and O–H groups in total. The zero-order valence-corrected chi connectivity index (χ0v) is 9.62. The lowest BCUT2D eigenvalue weighted by Crippen LogP contribution is -1.92. The third kappa shape index (κ3) is 2.17. The van der Waals surface area contributed by atoms with E-state index in [1.165, 1.54) is 24.3 Å². The van der Waals surface area contributed by atoms with E-state index in [-0.39, 0.29) is 21.8 Å². The third-order valence-electron chi connectivity index (χ3n) is 2.41. The number of hydrogen-bond acceptors (Lipinski definition) is 2. The zero-order valence-electron chi connectivity index (χ0n) is 8.86. The standard InChI is InChI=1S/C12H6ClF2NO2/c13-10-6-7(16(17)18)4-5-8(10)9-2-1-3-11(14)12(9)15/h1-6H. The van der Waals surface area contributed by atoms with Crippen molar-refractivity contribution in [2.75, 3.05) is 0 Å². The molecule has 0 radical (unpaired) electrons. The second-order valence-corrected chi connectivity index (χ2v) is 3.93. The maximum atomic E-state index is 13.6. The van der Waals surface area contributed by atoms with Gasteiger partial charge in [-0.15, -0.1) is 0 Å². The van der Waals surface area contributed by atoms with Gasteiger partial charge in [-0.1, -0.05) is 23.7 Å². The normalized spacial score (nSPS) is 10.4.